The van der Waals surface area contributed by atoms with Gasteiger partial charge in [0.25, 0.3) is 0 Å². The highest BCUT2D eigenvalue weighted by Crippen LogP contribution is 2.28. The van der Waals surface area contributed by atoms with Crippen molar-refractivity contribution in [3.05, 3.63) is 0 Å². The summed E-state index contributed by atoms with van der Waals surface area (Å²) in [5.74, 6) is 0.655. The average molecular weight is 243 g/mol. The number of hydrogen-bond acceptors (Lipinski definition) is 1. The van der Waals surface area contributed by atoms with E-state index in [0.29, 0.717) is 5.92 Å². The van der Waals surface area contributed by atoms with Crippen LogP contribution in [0, 0.1) is 5.92 Å². The number of hydrogen-bond donors (Lipinski definition) is 0. The first kappa shape index (κ1) is 10.4. The van der Waals surface area contributed by atoms with Crippen molar-refractivity contribution in [1.29, 1.82) is 0 Å². The second kappa shape index (κ2) is 5.12. The Morgan fingerprint density at radius 2 is 1.83 bits per heavy atom. The van der Waals surface area contributed by atoms with E-state index in [9.17, 15) is 8.78 Å². The Bertz CT molecular complexity index is 124. The molecular weight excluding hydrogens is 230 g/mol. The molecule has 0 aliphatic heterocycles. The fourth-order valence-corrected chi connectivity index (χ4v) is 2.22. The maximum Gasteiger partial charge on any atom is 0.345 e. The monoisotopic (exact) mass is 242 g/mol. The molecule has 0 amide bonds. The van der Waals surface area contributed by atoms with Crippen LogP contribution in [-0.2, 0) is 4.74 Å². The first-order valence-electron chi connectivity index (χ1n) is 4.22. The van der Waals surface area contributed by atoms with Gasteiger partial charge in [-0.25, -0.2) is 0 Å². The normalized spacial score (nSPS) is 31.0. The van der Waals surface area contributed by atoms with E-state index in [-0.39, 0.29) is 6.10 Å². The summed E-state index contributed by atoms with van der Waals surface area (Å²) in [4.78, 5) is 0. The highest BCUT2D eigenvalue weighted by molar-refractivity contribution is 9.09. The topological polar surface area (TPSA) is 9.23 Å². The molecule has 12 heavy (non-hydrogen) atoms. The molecule has 0 aromatic heterocycles. The van der Waals surface area contributed by atoms with E-state index >= 15 is 0 Å². The largest absolute Gasteiger partial charge is 0.345 e. The molecule has 72 valence electrons. The summed E-state index contributed by atoms with van der Waals surface area (Å²) < 4.78 is 28.0. The van der Waals surface area contributed by atoms with E-state index in [1.165, 1.54) is 0 Å². The molecule has 0 aromatic rings. The van der Waals surface area contributed by atoms with Gasteiger partial charge in [-0.1, -0.05) is 15.9 Å². The minimum atomic E-state index is -2.60. The van der Waals surface area contributed by atoms with Gasteiger partial charge in [-0.3, -0.25) is 0 Å². The van der Waals surface area contributed by atoms with Crippen LogP contribution >= 0.6 is 15.9 Å². The summed E-state index contributed by atoms with van der Waals surface area (Å²) in [6.45, 7) is -2.60. The van der Waals surface area contributed by atoms with Gasteiger partial charge in [0.2, 0.25) is 0 Å². The van der Waals surface area contributed by atoms with Crippen molar-refractivity contribution in [2.24, 2.45) is 5.92 Å². The van der Waals surface area contributed by atoms with Gasteiger partial charge in [-0.15, -0.1) is 0 Å². The van der Waals surface area contributed by atoms with Crippen molar-refractivity contribution in [3.8, 4) is 0 Å². The molecule has 0 radical (unpaired) electrons. The van der Waals surface area contributed by atoms with Gasteiger partial charge in [0.15, 0.2) is 0 Å². The predicted octanol–water partition coefficient (Wildman–Crippen LogP) is 3.18. The van der Waals surface area contributed by atoms with Gasteiger partial charge in [-0.2, -0.15) is 8.78 Å². The molecule has 0 heterocycles. The standard InChI is InChI=1S/C8H13BrF2O/c9-5-6-1-3-7(4-2-6)12-8(10)11/h6-8H,1-5H2. The third-order valence-corrected chi connectivity index (χ3v) is 3.22. The first-order valence-corrected chi connectivity index (χ1v) is 5.34. The maximum absolute atomic E-state index is 11.8. The predicted molar refractivity (Wildman–Crippen MR) is 46.6 cm³/mol. The van der Waals surface area contributed by atoms with Crippen LogP contribution in [-0.4, -0.2) is 18.0 Å². The summed E-state index contributed by atoms with van der Waals surface area (Å²) in [7, 11) is 0. The lowest BCUT2D eigenvalue weighted by Crippen LogP contribution is -2.24. The van der Waals surface area contributed by atoms with Gasteiger partial charge in [-0.05, 0) is 31.6 Å². The first-order chi connectivity index (χ1) is 5.72. The lowest BCUT2D eigenvalue weighted by molar-refractivity contribution is -0.171. The third kappa shape index (κ3) is 3.35. The molecule has 1 fully saturated rings. The Morgan fingerprint density at radius 3 is 2.25 bits per heavy atom. The van der Waals surface area contributed by atoms with E-state index in [1.807, 2.05) is 0 Å². The van der Waals surface area contributed by atoms with Crippen LogP contribution in [0.25, 0.3) is 0 Å². The van der Waals surface area contributed by atoms with E-state index in [1.54, 1.807) is 0 Å². The van der Waals surface area contributed by atoms with Crippen molar-refractivity contribution in [1.82, 2.24) is 0 Å². The molecule has 1 nitrogen and oxygen atoms in total. The zero-order valence-electron chi connectivity index (χ0n) is 6.81. The quantitative estimate of drug-likeness (QED) is 0.691. The van der Waals surface area contributed by atoms with Crippen molar-refractivity contribution in [3.63, 3.8) is 0 Å². The second-order valence-corrected chi connectivity index (χ2v) is 3.84. The van der Waals surface area contributed by atoms with Crippen LogP contribution in [0.4, 0.5) is 8.78 Å². The number of halogens is 3. The molecule has 0 atom stereocenters. The smallest absolute Gasteiger partial charge is 0.320 e. The summed E-state index contributed by atoms with van der Waals surface area (Å²) in [5, 5.41) is 0.981. The molecule has 0 spiro atoms. The number of alkyl halides is 3. The van der Waals surface area contributed by atoms with Crippen LogP contribution < -0.4 is 0 Å². The number of ether oxygens (including phenoxy) is 1. The number of rotatable bonds is 3. The highest BCUT2D eigenvalue weighted by Gasteiger charge is 2.22. The molecule has 4 heteroatoms. The molecule has 0 bridgehead atoms. The van der Waals surface area contributed by atoms with E-state index < -0.39 is 6.61 Å². The van der Waals surface area contributed by atoms with Crippen molar-refractivity contribution < 1.29 is 13.5 Å². The van der Waals surface area contributed by atoms with Gasteiger partial charge < -0.3 is 4.74 Å². The molecular formula is C8H13BrF2O. The van der Waals surface area contributed by atoms with Gasteiger partial charge in [0.1, 0.15) is 0 Å². The lowest BCUT2D eigenvalue weighted by atomic mass is 9.89. The molecule has 0 unspecified atom stereocenters. The van der Waals surface area contributed by atoms with Crippen LogP contribution in [0.3, 0.4) is 0 Å². The molecule has 1 saturated carbocycles. The molecule has 1 rings (SSSR count). The van der Waals surface area contributed by atoms with Crippen LogP contribution in [0.2, 0.25) is 0 Å². The molecule has 0 saturated heterocycles. The van der Waals surface area contributed by atoms with E-state index in [2.05, 4.69) is 20.7 Å². The third-order valence-electron chi connectivity index (χ3n) is 2.31. The molecule has 1 aliphatic rings. The molecule has 1 aliphatic carbocycles. The SMILES string of the molecule is FC(F)OC1CCC(CBr)CC1. The van der Waals surface area contributed by atoms with E-state index in [0.717, 1.165) is 31.0 Å². The Morgan fingerprint density at radius 1 is 1.25 bits per heavy atom. The Hall–Kier alpha value is 0.300. The highest BCUT2D eigenvalue weighted by atomic mass is 79.9. The Kier molecular flexibility index (Phi) is 4.43. The van der Waals surface area contributed by atoms with Crippen molar-refractivity contribution >= 4 is 15.9 Å². The average Bonchev–Trinajstić information content (AvgIpc) is 2.05. The van der Waals surface area contributed by atoms with Crippen LogP contribution in [0.5, 0.6) is 0 Å². The summed E-state index contributed by atoms with van der Waals surface area (Å²) in [6.07, 6.45) is 3.35. The van der Waals surface area contributed by atoms with Crippen molar-refractivity contribution in [2.45, 2.75) is 38.4 Å². The maximum atomic E-state index is 11.8. The summed E-state index contributed by atoms with van der Waals surface area (Å²) in [5.41, 5.74) is 0. The molecule has 0 N–H and O–H groups in total. The fourth-order valence-electron chi connectivity index (χ4n) is 1.57. The zero-order chi connectivity index (χ0) is 8.97. The molecule has 0 aromatic carbocycles. The fraction of sp³-hybridized carbons (Fsp3) is 1.00. The van der Waals surface area contributed by atoms with Crippen LogP contribution in [0.15, 0.2) is 0 Å². The second-order valence-electron chi connectivity index (χ2n) is 3.19. The van der Waals surface area contributed by atoms with Crippen molar-refractivity contribution in [2.75, 3.05) is 5.33 Å². The van der Waals surface area contributed by atoms with Crippen LogP contribution in [0.1, 0.15) is 25.7 Å². The minimum absolute atomic E-state index is 0.208. The van der Waals surface area contributed by atoms with Gasteiger partial charge in [0, 0.05) is 5.33 Å². The zero-order valence-corrected chi connectivity index (χ0v) is 8.40. The Balaban J connectivity index is 2.17. The summed E-state index contributed by atoms with van der Waals surface area (Å²) >= 11 is 3.39. The lowest BCUT2D eigenvalue weighted by Gasteiger charge is -2.26. The van der Waals surface area contributed by atoms with Gasteiger partial charge in [0.05, 0.1) is 6.10 Å². The Labute approximate surface area is 79.6 Å². The summed E-state index contributed by atoms with van der Waals surface area (Å²) in [6, 6.07) is 0. The van der Waals surface area contributed by atoms with E-state index in [4.69, 9.17) is 0 Å². The van der Waals surface area contributed by atoms with Gasteiger partial charge >= 0.3 is 6.61 Å². The minimum Gasteiger partial charge on any atom is -0.320 e.